The first kappa shape index (κ1) is 31.7. The van der Waals surface area contributed by atoms with Crippen LogP contribution < -0.4 is 0 Å². The number of hydrogen-bond donors (Lipinski definition) is 0. The molecule has 0 spiro atoms. The van der Waals surface area contributed by atoms with E-state index in [1.54, 1.807) is 38.3 Å². The van der Waals surface area contributed by atoms with Crippen molar-refractivity contribution in [1.82, 2.24) is 0 Å². The third-order valence-electron chi connectivity index (χ3n) is 11.2. The average molecular weight is 611 g/mol. The molecule has 1 saturated heterocycles. The van der Waals surface area contributed by atoms with Crippen molar-refractivity contribution >= 4 is 29.7 Å². The van der Waals surface area contributed by atoms with Gasteiger partial charge in [-0.15, -0.1) is 0 Å². The lowest BCUT2D eigenvalue weighted by atomic mass is 9.39. The Morgan fingerprint density at radius 1 is 1.09 bits per heavy atom. The van der Waals surface area contributed by atoms with E-state index in [4.69, 9.17) is 23.4 Å². The molecule has 3 fully saturated rings. The Hall–Kier alpha value is -3.69. The van der Waals surface area contributed by atoms with Gasteiger partial charge in [0.25, 0.3) is 0 Å². The molecular weight excluding hydrogens is 568 g/mol. The lowest BCUT2D eigenvalue weighted by Crippen LogP contribution is -2.75. The van der Waals surface area contributed by atoms with Gasteiger partial charge in [0.15, 0.2) is 11.9 Å². The predicted molar refractivity (Wildman–Crippen MR) is 155 cm³/mol. The van der Waals surface area contributed by atoms with E-state index in [0.717, 1.165) is 11.1 Å². The number of allylic oxidation sites excluding steroid dienone is 2. The standard InChI is InChI=1S/C34H42O10/c1-9-18(2)28(38)43-30-31(4,5)24(15-25(36)40-8)33(7)22-10-12-32(6)23(14-26(37)42-27(32)20-11-13-41-17-20)21(22)16-34(30,29(33)39)44-19(3)35/h9,11,13,16-17,22-24,27,30H,10,12,14-15H2,1-8H3/b18-9+/t22?,23?,24-,27-,30-,32+,33+,34-/m0/s1. The zero-order chi connectivity index (χ0) is 32.4. The van der Waals surface area contributed by atoms with Crippen LogP contribution in [-0.4, -0.2) is 48.5 Å². The number of esters is 4. The van der Waals surface area contributed by atoms with Crippen molar-refractivity contribution in [2.24, 2.45) is 34.0 Å². The van der Waals surface area contributed by atoms with Crippen molar-refractivity contribution in [3.63, 3.8) is 0 Å². The molecule has 10 heteroatoms. The molecule has 2 heterocycles. The van der Waals surface area contributed by atoms with Gasteiger partial charge in [0, 0.05) is 40.7 Å². The summed E-state index contributed by atoms with van der Waals surface area (Å²) in [4.78, 5) is 67.3. The van der Waals surface area contributed by atoms with Gasteiger partial charge in [-0.05, 0) is 56.6 Å². The highest BCUT2D eigenvalue weighted by Crippen LogP contribution is 2.69. The van der Waals surface area contributed by atoms with E-state index in [-0.39, 0.29) is 18.8 Å². The molecule has 1 aromatic rings. The lowest BCUT2D eigenvalue weighted by Gasteiger charge is -2.66. The number of ether oxygens (including phenoxy) is 4. The number of methoxy groups -OCH3 is 1. The van der Waals surface area contributed by atoms with E-state index in [9.17, 15) is 19.2 Å². The molecule has 2 saturated carbocycles. The number of rotatable bonds is 6. The van der Waals surface area contributed by atoms with E-state index in [2.05, 4.69) is 6.92 Å². The summed E-state index contributed by atoms with van der Waals surface area (Å²) in [6, 6.07) is 1.78. The number of ketones is 1. The van der Waals surface area contributed by atoms with Gasteiger partial charge in [0.05, 0.1) is 26.1 Å². The van der Waals surface area contributed by atoms with Gasteiger partial charge in [-0.25, -0.2) is 4.79 Å². The fourth-order valence-electron chi connectivity index (χ4n) is 8.93. The van der Waals surface area contributed by atoms with Crippen LogP contribution in [0.15, 0.2) is 46.3 Å². The van der Waals surface area contributed by atoms with Crippen LogP contribution in [0.2, 0.25) is 0 Å². The van der Waals surface area contributed by atoms with Crippen LogP contribution in [0.4, 0.5) is 0 Å². The van der Waals surface area contributed by atoms with Crippen molar-refractivity contribution in [2.45, 2.75) is 92.0 Å². The third-order valence-corrected chi connectivity index (χ3v) is 11.2. The maximum Gasteiger partial charge on any atom is 0.333 e. The molecule has 0 amide bonds. The van der Waals surface area contributed by atoms with Crippen LogP contribution in [0.1, 0.15) is 85.8 Å². The molecule has 4 aliphatic rings. The predicted octanol–water partition coefficient (Wildman–Crippen LogP) is 5.21. The largest absolute Gasteiger partial charge is 0.472 e. The van der Waals surface area contributed by atoms with Crippen LogP contribution in [0.5, 0.6) is 0 Å². The molecular formula is C34H42O10. The summed E-state index contributed by atoms with van der Waals surface area (Å²) in [5.41, 5.74) is -3.01. The van der Waals surface area contributed by atoms with E-state index in [0.29, 0.717) is 18.4 Å². The van der Waals surface area contributed by atoms with Gasteiger partial charge in [0.2, 0.25) is 5.60 Å². The monoisotopic (exact) mass is 610 g/mol. The first-order valence-corrected chi connectivity index (χ1v) is 15.2. The van der Waals surface area contributed by atoms with Crippen LogP contribution >= 0.6 is 0 Å². The zero-order valence-corrected chi connectivity index (χ0v) is 26.7. The zero-order valence-electron chi connectivity index (χ0n) is 26.7. The fourth-order valence-corrected chi connectivity index (χ4v) is 8.93. The number of cyclic esters (lactones) is 1. The van der Waals surface area contributed by atoms with Crippen molar-refractivity contribution in [3.05, 3.63) is 47.5 Å². The quantitative estimate of drug-likeness (QED) is 0.183. The normalized spacial score (nSPS) is 37.5. The molecule has 238 valence electrons. The number of furan rings is 1. The first-order chi connectivity index (χ1) is 20.6. The summed E-state index contributed by atoms with van der Waals surface area (Å²) in [6.07, 6.45) is 5.61. The van der Waals surface area contributed by atoms with Crippen molar-refractivity contribution < 1.29 is 47.3 Å². The topological polar surface area (TPSA) is 135 Å². The number of fused-ring (bicyclic) bond motifs is 6. The van der Waals surface area contributed by atoms with Gasteiger partial charge in [0.1, 0.15) is 6.10 Å². The van der Waals surface area contributed by atoms with Crippen LogP contribution in [-0.2, 0) is 42.9 Å². The summed E-state index contributed by atoms with van der Waals surface area (Å²) in [6.45, 7) is 12.1. The summed E-state index contributed by atoms with van der Waals surface area (Å²) in [5.74, 6) is -4.15. The van der Waals surface area contributed by atoms with Crippen molar-refractivity contribution in [2.75, 3.05) is 7.11 Å². The molecule has 0 radical (unpaired) electrons. The Labute approximate surface area is 257 Å². The van der Waals surface area contributed by atoms with Crippen LogP contribution in [0.3, 0.4) is 0 Å². The molecule has 2 bridgehead atoms. The van der Waals surface area contributed by atoms with Gasteiger partial charge in [-0.2, -0.15) is 0 Å². The fraction of sp³-hybridized carbons (Fsp3) is 0.618. The molecule has 2 unspecified atom stereocenters. The van der Waals surface area contributed by atoms with Gasteiger partial charge < -0.3 is 23.4 Å². The second kappa shape index (κ2) is 10.7. The SMILES string of the molecule is C/C=C(\C)C(=O)O[C@H]1C(C)(C)[C@H](CC(=O)OC)[C@]2(C)C(=O)[C@@]1(OC(C)=O)C=C1C3CC(=O)O[C@@H](c4ccoc4)[C@]3(C)CCC12. The Balaban J connectivity index is 1.78. The minimum absolute atomic E-state index is 0.0564. The number of hydrogen-bond acceptors (Lipinski definition) is 10. The van der Waals surface area contributed by atoms with E-state index in [1.165, 1.54) is 20.3 Å². The van der Waals surface area contributed by atoms with Crippen LogP contribution in [0.25, 0.3) is 0 Å². The van der Waals surface area contributed by atoms with Crippen LogP contribution in [0, 0.1) is 34.0 Å². The average Bonchev–Trinajstić information content (AvgIpc) is 3.50. The minimum Gasteiger partial charge on any atom is -0.472 e. The number of carbonyl (C=O) groups excluding carboxylic acids is 5. The second-order valence-corrected chi connectivity index (χ2v) is 13.8. The third kappa shape index (κ3) is 4.46. The molecule has 10 nitrogen and oxygen atoms in total. The molecule has 1 aliphatic heterocycles. The molecule has 5 rings (SSSR count). The molecule has 8 atom stereocenters. The summed E-state index contributed by atoms with van der Waals surface area (Å²) in [7, 11) is 1.29. The van der Waals surface area contributed by atoms with E-state index >= 15 is 4.79 Å². The van der Waals surface area contributed by atoms with Gasteiger partial charge in [-0.3, -0.25) is 19.2 Å². The van der Waals surface area contributed by atoms with Crippen molar-refractivity contribution in [1.29, 1.82) is 0 Å². The smallest absolute Gasteiger partial charge is 0.333 e. The maximum absolute atomic E-state index is 15.0. The summed E-state index contributed by atoms with van der Waals surface area (Å²) in [5, 5.41) is 0. The summed E-state index contributed by atoms with van der Waals surface area (Å²) >= 11 is 0. The molecule has 0 aromatic carbocycles. The van der Waals surface area contributed by atoms with Gasteiger partial charge >= 0.3 is 23.9 Å². The van der Waals surface area contributed by atoms with Crippen molar-refractivity contribution in [3.8, 4) is 0 Å². The maximum atomic E-state index is 15.0. The Morgan fingerprint density at radius 3 is 2.39 bits per heavy atom. The highest BCUT2D eigenvalue weighted by molar-refractivity contribution is 6.01. The first-order valence-electron chi connectivity index (χ1n) is 15.2. The number of carbonyl (C=O) groups is 5. The molecule has 0 N–H and O–H groups in total. The highest BCUT2D eigenvalue weighted by Gasteiger charge is 2.75. The molecule has 1 aromatic heterocycles. The molecule has 44 heavy (non-hydrogen) atoms. The Morgan fingerprint density at radius 2 is 1.80 bits per heavy atom. The lowest BCUT2D eigenvalue weighted by molar-refractivity contribution is -0.231. The molecule has 3 aliphatic carbocycles. The number of Topliss-reactive ketones (excluding diaryl/α,β-unsaturated/α-hetero) is 1. The Kier molecular flexibility index (Phi) is 7.74. The Bertz CT molecular complexity index is 1450. The van der Waals surface area contributed by atoms with E-state index in [1.807, 2.05) is 20.8 Å². The summed E-state index contributed by atoms with van der Waals surface area (Å²) < 4.78 is 28.6. The van der Waals surface area contributed by atoms with Gasteiger partial charge in [-0.1, -0.05) is 39.3 Å². The van der Waals surface area contributed by atoms with E-state index < -0.39 is 75.6 Å². The second-order valence-electron chi connectivity index (χ2n) is 13.8. The highest BCUT2D eigenvalue weighted by atomic mass is 16.6. The minimum atomic E-state index is -1.99.